The predicted molar refractivity (Wildman–Crippen MR) is 78.6 cm³/mol. The zero-order valence-electron chi connectivity index (χ0n) is 13.0. The van der Waals surface area contributed by atoms with E-state index in [1.807, 2.05) is 47.6 Å². The monoisotopic (exact) mass is 272 g/mol. The molecule has 2 rings (SSSR count). The maximum Gasteiger partial charge on any atom is 0.496 e. The van der Waals surface area contributed by atoms with Crippen LogP contribution in [0.3, 0.4) is 0 Å². The van der Waals surface area contributed by atoms with E-state index in [-0.39, 0.29) is 11.2 Å². The summed E-state index contributed by atoms with van der Waals surface area (Å²) < 4.78 is 12.0. The number of aromatic nitrogens is 1. The van der Waals surface area contributed by atoms with E-state index in [4.69, 9.17) is 9.31 Å². The first-order chi connectivity index (χ1) is 9.09. The average Bonchev–Trinajstić information content (AvgIpc) is 2.59. The van der Waals surface area contributed by atoms with Crippen molar-refractivity contribution in [1.82, 2.24) is 4.98 Å². The van der Waals surface area contributed by atoms with Crippen molar-refractivity contribution in [3.05, 3.63) is 24.0 Å². The van der Waals surface area contributed by atoms with Crippen molar-refractivity contribution >= 4 is 12.6 Å². The lowest BCUT2D eigenvalue weighted by Crippen LogP contribution is -2.41. The number of rotatable bonds is 2. The standard InChI is InChI=1S/C15H21BN2O2/c1-13(2,10-17)11-7-12(9-18-8-11)16-19-14(3,4)15(5,6)20-16/h7-9H,1-6H3. The molecular formula is C15H21BN2O2. The molecule has 5 heteroatoms. The quantitative estimate of drug-likeness (QED) is 0.774. The fourth-order valence-corrected chi connectivity index (χ4v) is 1.97. The fourth-order valence-electron chi connectivity index (χ4n) is 1.97. The normalized spacial score (nSPS) is 20.8. The topological polar surface area (TPSA) is 55.1 Å². The molecule has 0 aliphatic carbocycles. The van der Waals surface area contributed by atoms with Gasteiger partial charge in [0, 0.05) is 17.9 Å². The molecule has 0 atom stereocenters. The van der Waals surface area contributed by atoms with E-state index in [0.717, 1.165) is 11.0 Å². The van der Waals surface area contributed by atoms with Gasteiger partial charge in [-0.25, -0.2) is 0 Å². The van der Waals surface area contributed by atoms with Gasteiger partial charge in [-0.3, -0.25) is 4.98 Å². The molecule has 1 aromatic rings. The second-order valence-electron chi connectivity index (χ2n) is 6.83. The van der Waals surface area contributed by atoms with E-state index < -0.39 is 12.5 Å². The summed E-state index contributed by atoms with van der Waals surface area (Å²) in [4.78, 5) is 4.23. The molecule has 1 fully saturated rings. The van der Waals surface area contributed by atoms with Gasteiger partial charge in [-0.2, -0.15) is 5.26 Å². The van der Waals surface area contributed by atoms with E-state index in [1.54, 1.807) is 12.4 Å². The van der Waals surface area contributed by atoms with E-state index >= 15 is 0 Å². The van der Waals surface area contributed by atoms with Gasteiger partial charge >= 0.3 is 7.12 Å². The average molecular weight is 272 g/mol. The van der Waals surface area contributed by atoms with Crippen LogP contribution in [0.4, 0.5) is 0 Å². The van der Waals surface area contributed by atoms with Gasteiger partial charge in [0.1, 0.15) is 0 Å². The minimum Gasteiger partial charge on any atom is -0.399 e. The molecule has 1 aliphatic heterocycles. The Labute approximate surface area is 121 Å². The number of hydrogen-bond acceptors (Lipinski definition) is 4. The summed E-state index contributed by atoms with van der Waals surface area (Å²) in [6, 6.07) is 4.23. The van der Waals surface area contributed by atoms with Crippen LogP contribution in [0, 0.1) is 11.3 Å². The summed E-state index contributed by atoms with van der Waals surface area (Å²) >= 11 is 0. The zero-order chi connectivity index (χ0) is 15.2. The summed E-state index contributed by atoms with van der Waals surface area (Å²) in [5.74, 6) is 0. The van der Waals surface area contributed by atoms with Crippen LogP contribution in [0.15, 0.2) is 18.5 Å². The molecule has 0 aromatic carbocycles. The van der Waals surface area contributed by atoms with Gasteiger partial charge in [0.2, 0.25) is 0 Å². The number of nitriles is 1. The molecule has 0 spiro atoms. The maximum atomic E-state index is 9.23. The van der Waals surface area contributed by atoms with Crippen molar-refractivity contribution in [2.75, 3.05) is 0 Å². The highest BCUT2D eigenvalue weighted by molar-refractivity contribution is 6.62. The highest BCUT2D eigenvalue weighted by Crippen LogP contribution is 2.36. The SMILES string of the molecule is CC(C)(C#N)c1cncc(B2OC(C)(C)C(C)(C)O2)c1. The third-order valence-electron chi connectivity index (χ3n) is 4.29. The minimum absolute atomic E-state index is 0.377. The Kier molecular flexibility index (Phi) is 3.44. The molecular weight excluding hydrogens is 251 g/mol. The fraction of sp³-hybridized carbons (Fsp3) is 0.600. The Morgan fingerprint density at radius 3 is 2.20 bits per heavy atom. The van der Waals surface area contributed by atoms with Gasteiger partial charge in [-0.05, 0) is 47.1 Å². The largest absolute Gasteiger partial charge is 0.496 e. The molecule has 1 saturated heterocycles. The summed E-state index contributed by atoms with van der Waals surface area (Å²) in [7, 11) is -0.443. The van der Waals surface area contributed by atoms with Gasteiger partial charge in [0.25, 0.3) is 0 Å². The lowest BCUT2D eigenvalue weighted by molar-refractivity contribution is 0.00578. The highest BCUT2D eigenvalue weighted by atomic mass is 16.7. The van der Waals surface area contributed by atoms with E-state index in [0.29, 0.717) is 0 Å². The van der Waals surface area contributed by atoms with E-state index in [2.05, 4.69) is 11.1 Å². The van der Waals surface area contributed by atoms with Gasteiger partial charge < -0.3 is 9.31 Å². The Hall–Kier alpha value is -1.38. The van der Waals surface area contributed by atoms with Crippen LogP contribution in [-0.2, 0) is 14.7 Å². The van der Waals surface area contributed by atoms with E-state index in [9.17, 15) is 5.26 Å². The van der Waals surface area contributed by atoms with Crippen LogP contribution in [0.25, 0.3) is 0 Å². The summed E-state index contributed by atoms with van der Waals surface area (Å²) in [5, 5.41) is 9.23. The lowest BCUT2D eigenvalue weighted by Gasteiger charge is -2.32. The molecule has 106 valence electrons. The molecule has 0 unspecified atom stereocenters. The molecule has 0 saturated carbocycles. The molecule has 1 aromatic heterocycles. The third kappa shape index (κ3) is 2.46. The third-order valence-corrected chi connectivity index (χ3v) is 4.29. The molecule has 0 bridgehead atoms. The van der Waals surface area contributed by atoms with Gasteiger partial charge in [-0.15, -0.1) is 0 Å². The Balaban J connectivity index is 2.33. The van der Waals surface area contributed by atoms with Crippen LogP contribution in [0.2, 0.25) is 0 Å². The predicted octanol–water partition coefficient (Wildman–Crippen LogP) is 2.18. The molecule has 2 heterocycles. The number of hydrogen-bond donors (Lipinski definition) is 0. The van der Waals surface area contributed by atoms with Crippen LogP contribution < -0.4 is 5.46 Å². The summed E-state index contributed by atoms with van der Waals surface area (Å²) in [6.45, 7) is 11.8. The second kappa shape index (κ2) is 4.58. The van der Waals surface area contributed by atoms with Crippen LogP contribution in [0.1, 0.15) is 47.1 Å². The lowest BCUT2D eigenvalue weighted by atomic mass is 9.77. The van der Waals surface area contributed by atoms with Crippen molar-refractivity contribution in [3.63, 3.8) is 0 Å². The zero-order valence-corrected chi connectivity index (χ0v) is 13.0. The van der Waals surface area contributed by atoms with Crippen molar-refractivity contribution < 1.29 is 9.31 Å². The molecule has 20 heavy (non-hydrogen) atoms. The van der Waals surface area contributed by atoms with Crippen molar-refractivity contribution in [3.8, 4) is 6.07 Å². The Morgan fingerprint density at radius 2 is 1.70 bits per heavy atom. The van der Waals surface area contributed by atoms with Crippen molar-refractivity contribution in [1.29, 1.82) is 5.26 Å². The summed E-state index contributed by atoms with van der Waals surface area (Å²) in [6.07, 6.45) is 3.46. The Morgan fingerprint density at radius 1 is 1.15 bits per heavy atom. The van der Waals surface area contributed by atoms with Crippen molar-refractivity contribution in [2.24, 2.45) is 0 Å². The number of nitrogens with zero attached hydrogens (tertiary/aromatic N) is 2. The number of pyridine rings is 1. The highest BCUT2D eigenvalue weighted by Gasteiger charge is 2.51. The van der Waals surface area contributed by atoms with Crippen LogP contribution >= 0.6 is 0 Å². The minimum atomic E-state index is -0.577. The van der Waals surface area contributed by atoms with Crippen molar-refractivity contribution in [2.45, 2.75) is 58.2 Å². The van der Waals surface area contributed by atoms with Gasteiger partial charge in [0.05, 0.1) is 22.7 Å². The summed E-state index contributed by atoms with van der Waals surface area (Å²) in [5.41, 5.74) is 0.389. The van der Waals surface area contributed by atoms with Crippen LogP contribution in [-0.4, -0.2) is 23.3 Å². The smallest absolute Gasteiger partial charge is 0.399 e. The van der Waals surface area contributed by atoms with E-state index in [1.165, 1.54) is 0 Å². The first-order valence-electron chi connectivity index (χ1n) is 6.81. The van der Waals surface area contributed by atoms with Gasteiger partial charge in [-0.1, -0.05) is 6.07 Å². The molecule has 0 radical (unpaired) electrons. The molecule has 4 nitrogen and oxygen atoms in total. The first-order valence-corrected chi connectivity index (χ1v) is 6.81. The Bertz CT molecular complexity index is 545. The molecule has 0 N–H and O–H groups in total. The van der Waals surface area contributed by atoms with Crippen LogP contribution in [0.5, 0.6) is 0 Å². The first kappa shape index (κ1) is 15.0. The van der Waals surface area contributed by atoms with Gasteiger partial charge in [0.15, 0.2) is 0 Å². The molecule has 1 aliphatic rings. The molecule has 0 amide bonds. The second-order valence-corrected chi connectivity index (χ2v) is 6.83. The maximum absolute atomic E-state index is 9.23.